The molecule has 12 heteroatoms. The second-order valence-corrected chi connectivity index (χ2v) is 21.0. The smallest absolute Gasteiger partial charge is 0.335 e. The summed E-state index contributed by atoms with van der Waals surface area (Å²) in [7, 11) is 0. The van der Waals surface area contributed by atoms with Crippen molar-refractivity contribution in [2.75, 3.05) is 13.2 Å². The number of esters is 3. The molecule has 1 fully saturated rings. The lowest BCUT2D eigenvalue weighted by Gasteiger charge is -2.40. The van der Waals surface area contributed by atoms with Gasteiger partial charge < -0.3 is 39.0 Å². The van der Waals surface area contributed by atoms with E-state index in [4.69, 9.17) is 23.7 Å². The Labute approximate surface area is 468 Å². The quantitative estimate of drug-likeness (QED) is 0.0228. The van der Waals surface area contributed by atoms with Crippen LogP contribution in [0.4, 0.5) is 0 Å². The Morgan fingerprint density at radius 3 is 1.30 bits per heavy atom. The fraction of sp³-hybridized carbons (Fsp3) is 0.754. The van der Waals surface area contributed by atoms with Crippen molar-refractivity contribution in [3.8, 4) is 0 Å². The molecule has 1 aliphatic heterocycles. The minimum Gasteiger partial charge on any atom is -0.479 e. The molecule has 1 saturated heterocycles. The zero-order chi connectivity index (χ0) is 56.1. The van der Waals surface area contributed by atoms with Gasteiger partial charge in [0.25, 0.3) is 0 Å². The molecule has 12 nitrogen and oxygen atoms in total. The van der Waals surface area contributed by atoms with Gasteiger partial charge in [0.05, 0.1) is 6.61 Å². The second kappa shape index (κ2) is 52.8. The topological polar surface area (TPSA) is 175 Å². The molecule has 1 aliphatic rings. The van der Waals surface area contributed by atoms with E-state index < -0.39 is 67.3 Å². The molecule has 0 radical (unpaired) electrons. The Kier molecular flexibility index (Phi) is 48.8. The van der Waals surface area contributed by atoms with Gasteiger partial charge in [-0.2, -0.15) is 0 Å². The minimum atomic E-state index is -1.92. The van der Waals surface area contributed by atoms with E-state index in [-0.39, 0.29) is 25.9 Å². The van der Waals surface area contributed by atoms with Gasteiger partial charge in [0, 0.05) is 19.3 Å². The van der Waals surface area contributed by atoms with E-state index >= 15 is 0 Å². The van der Waals surface area contributed by atoms with Crippen LogP contribution in [0.25, 0.3) is 0 Å². The lowest BCUT2D eigenvalue weighted by atomic mass is 9.98. The summed E-state index contributed by atoms with van der Waals surface area (Å²) in [6, 6.07) is 0. The van der Waals surface area contributed by atoms with E-state index in [0.717, 1.165) is 83.5 Å². The maximum absolute atomic E-state index is 13.2. The first-order chi connectivity index (χ1) is 37.6. The number of hydrogen-bond donors (Lipinski definition) is 3. The summed E-state index contributed by atoms with van der Waals surface area (Å²) in [4.78, 5) is 51.2. The maximum Gasteiger partial charge on any atom is 0.335 e. The predicted molar refractivity (Wildman–Crippen MR) is 312 cm³/mol. The van der Waals surface area contributed by atoms with Gasteiger partial charge in [0.1, 0.15) is 18.8 Å². The molecule has 77 heavy (non-hydrogen) atoms. The first kappa shape index (κ1) is 71.2. The average molecular weight is 1080 g/mol. The Hall–Kier alpha value is -3.84. The van der Waals surface area contributed by atoms with Crippen LogP contribution in [0.15, 0.2) is 72.9 Å². The number of rotatable bonds is 52. The van der Waals surface area contributed by atoms with Gasteiger partial charge in [-0.15, -0.1) is 0 Å². The first-order valence-corrected chi connectivity index (χ1v) is 30.9. The lowest BCUT2D eigenvalue weighted by molar-refractivity contribution is -0.301. The van der Waals surface area contributed by atoms with Gasteiger partial charge in [0.15, 0.2) is 24.6 Å². The van der Waals surface area contributed by atoms with Crippen LogP contribution in [-0.4, -0.2) is 89.2 Å². The van der Waals surface area contributed by atoms with E-state index in [1.54, 1.807) is 0 Å². The number of carboxylic acid groups (broad SMARTS) is 1. The first-order valence-electron chi connectivity index (χ1n) is 30.9. The molecule has 0 amide bonds. The van der Waals surface area contributed by atoms with Gasteiger partial charge in [-0.1, -0.05) is 229 Å². The van der Waals surface area contributed by atoms with Gasteiger partial charge >= 0.3 is 23.9 Å². The number of aliphatic carboxylic acids is 1. The van der Waals surface area contributed by atoms with Crippen molar-refractivity contribution >= 4 is 23.9 Å². The average Bonchev–Trinajstić information content (AvgIpc) is 3.42. The normalized spacial score (nSPS) is 18.5. The molecule has 0 bridgehead atoms. The highest BCUT2D eigenvalue weighted by molar-refractivity contribution is 5.74. The summed E-state index contributed by atoms with van der Waals surface area (Å²) < 4.78 is 28.4. The number of aliphatic hydroxyl groups is 2. The predicted octanol–water partition coefficient (Wildman–Crippen LogP) is 16.1. The Morgan fingerprint density at radius 1 is 0.442 bits per heavy atom. The number of carbonyl (C=O) groups excluding carboxylic acids is 3. The molecule has 1 heterocycles. The number of aliphatic hydroxyl groups excluding tert-OH is 2. The number of carbonyl (C=O) groups is 4. The molecule has 0 saturated carbocycles. The maximum atomic E-state index is 13.2. The molecular weight excluding hydrogens is 973 g/mol. The third kappa shape index (κ3) is 42.7. The molecule has 442 valence electrons. The van der Waals surface area contributed by atoms with Crippen molar-refractivity contribution in [3.05, 3.63) is 72.9 Å². The summed E-state index contributed by atoms with van der Waals surface area (Å²) in [6.07, 6.45) is 54.4. The van der Waals surface area contributed by atoms with E-state index in [2.05, 4.69) is 93.7 Å². The zero-order valence-electron chi connectivity index (χ0n) is 48.7. The van der Waals surface area contributed by atoms with Gasteiger partial charge in [-0.3, -0.25) is 14.4 Å². The Bertz CT molecular complexity index is 1620. The number of ether oxygens (including phenoxy) is 5. The highest BCUT2D eigenvalue weighted by atomic mass is 16.7. The van der Waals surface area contributed by atoms with Crippen LogP contribution in [0.1, 0.15) is 265 Å². The molecule has 3 N–H and O–H groups in total. The molecule has 0 aliphatic carbocycles. The van der Waals surface area contributed by atoms with Crippen molar-refractivity contribution in [1.29, 1.82) is 0 Å². The van der Waals surface area contributed by atoms with Crippen molar-refractivity contribution in [2.24, 2.45) is 0 Å². The van der Waals surface area contributed by atoms with Crippen LogP contribution in [0.2, 0.25) is 0 Å². The molecule has 1 rings (SSSR count). The number of unbranched alkanes of at least 4 members (excludes halogenated alkanes) is 26. The van der Waals surface area contributed by atoms with Crippen LogP contribution in [0.3, 0.4) is 0 Å². The third-order valence-electron chi connectivity index (χ3n) is 13.8. The molecule has 6 unspecified atom stereocenters. The van der Waals surface area contributed by atoms with Crippen LogP contribution < -0.4 is 0 Å². The van der Waals surface area contributed by atoms with Crippen molar-refractivity contribution < 1.29 is 58.2 Å². The fourth-order valence-electron chi connectivity index (χ4n) is 9.04. The summed E-state index contributed by atoms with van der Waals surface area (Å²) in [6.45, 7) is 5.85. The van der Waals surface area contributed by atoms with Gasteiger partial charge in [0.2, 0.25) is 0 Å². The monoisotopic (exact) mass is 1080 g/mol. The zero-order valence-corrected chi connectivity index (χ0v) is 48.7. The number of carboxylic acids is 1. The van der Waals surface area contributed by atoms with E-state index in [1.807, 2.05) is 0 Å². The molecule has 0 spiro atoms. The summed E-state index contributed by atoms with van der Waals surface area (Å²) in [5, 5.41) is 31.5. The molecule has 0 aromatic carbocycles. The standard InChI is InChI=1S/C65H110O12/c1-4-7-10-13-16-19-22-25-27-28-29-30-32-34-36-39-42-45-48-51-57(66)73-54-56(75-58(67)52-49-46-43-40-37-33-24-21-18-15-12-9-6-3)55-74-65-63(61(70)60(69)62(77-65)64(71)72)76-59(68)53-50-47-44-41-38-35-31-26-23-20-17-14-11-8-5-2/h8,11,16-17,19-20,25-27,31,38,41,56,60-63,65,69-70H,4-7,9-10,12-15,18,21-24,28-30,32-37,39-40,42-55H2,1-3H3,(H,71,72)/b11-8-,19-16-,20-17-,27-25-,31-26-,41-38-. The highest BCUT2D eigenvalue weighted by Gasteiger charge is 2.50. The Morgan fingerprint density at radius 2 is 0.818 bits per heavy atom. The summed E-state index contributed by atoms with van der Waals surface area (Å²) >= 11 is 0. The summed E-state index contributed by atoms with van der Waals surface area (Å²) in [5.74, 6) is -3.17. The van der Waals surface area contributed by atoms with Crippen LogP contribution in [0, 0.1) is 0 Å². The van der Waals surface area contributed by atoms with Crippen LogP contribution in [0.5, 0.6) is 0 Å². The van der Waals surface area contributed by atoms with E-state index in [9.17, 15) is 34.5 Å². The fourth-order valence-corrected chi connectivity index (χ4v) is 9.04. The SMILES string of the molecule is CC/C=C\C/C=C\C/C=C\C/C=C\CCCCC(=O)OC1C(OCC(COC(=O)CCCCCCCCCCC/C=C\C/C=C\CCCCC)OC(=O)CCCCCCCCCCCCCCC)OC(C(=O)O)C(O)C1O. The Balaban J connectivity index is 2.68. The second-order valence-electron chi connectivity index (χ2n) is 21.0. The van der Waals surface area contributed by atoms with Gasteiger partial charge in [-0.25, -0.2) is 4.79 Å². The van der Waals surface area contributed by atoms with Crippen molar-refractivity contribution in [3.63, 3.8) is 0 Å². The summed E-state index contributed by atoms with van der Waals surface area (Å²) in [5.41, 5.74) is 0. The van der Waals surface area contributed by atoms with Crippen LogP contribution in [-0.2, 0) is 42.9 Å². The van der Waals surface area contributed by atoms with Crippen molar-refractivity contribution in [2.45, 2.75) is 302 Å². The number of allylic oxidation sites excluding steroid dienone is 12. The molecule has 0 aromatic rings. The van der Waals surface area contributed by atoms with Crippen molar-refractivity contribution in [1.82, 2.24) is 0 Å². The number of hydrogen-bond acceptors (Lipinski definition) is 11. The minimum absolute atomic E-state index is 0.00748. The third-order valence-corrected chi connectivity index (χ3v) is 13.8. The van der Waals surface area contributed by atoms with Gasteiger partial charge in [-0.05, 0) is 89.9 Å². The molecule has 6 atom stereocenters. The van der Waals surface area contributed by atoms with Crippen LogP contribution >= 0.6 is 0 Å². The lowest BCUT2D eigenvalue weighted by Crippen LogP contribution is -2.61. The van der Waals surface area contributed by atoms with E-state index in [0.29, 0.717) is 25.7 Å². The largest absolute Gasteiger partial charge is 0.479 e. The highest BCUT2D eigenvalue weighted by Crippen LogP contribution is 2.26. The molecule has 0 aromatic heterocycles. The van der Waals surface area contributed by atoms with E-state index in [1.165, 1.54) is 116 Å². The molecular formula is C65H110O12.